The maximum absolute atomic E-state index is 11.6. The molecule has 768 valence electrons. The molecule has 60 nitrogen and oxygen atoms in total. The molecule has 0 spiro atoms. The lowest BCUT2D eigenvalue weighted by molar-refractivity contribution is -0.404. The van der Waals surface area contributed by atoms with Crippen LogP contribution < -0.4 is 0 Å². The van der Waals surface area contributed by atoms with E-state index in [1.54, 1.807) is 0 Å². The molecule has 46 heterocycles. The molecule has 24 bridgehead atoms. The van der Waals surface area contributed by atoms with E-state index in [-0.39, 0.29) is 0 Å². The number of hydrogen-bond acceptors (Lipinski definition) is 60. The fraction of sp³-hybridized carbons (Fsp3) is 1.00. The van der Waals surface area contributed by atoms with Crippen LogP contribution in [0, 0.1) is 0 Å². The number of hydrogen-bond donors (Lipinski definition) is 36. The maximum Gasteiger partial charge on any atom is 0.187 e. The summed E-state index contributed by atoms with van der Waals surface area (Å²) in [7, 11) is 0. The summed E-state index contributed by atoms with van der Waals surface area (Å²) >= 11 is 0. The van der Waals surface area contributed by atoms with E-state index < -0.39 is 448 Å². The largest absolute Gasteiger partial charge is 0.394 e. The highest BCUT2D eigenvalue weighted by Crippen LogP contribution is 2.43. The molecular weight excluding hydrogens is 1820 g/mol. The first kappa shape index (κ1) is 107. The van der Waals surface area contributed by atoms with Gasteiger partial charge in [-0.05, 0) is 0 Å². The van der Waals surface area contributed by atoms with Crippen LogP contribution >= 0.6 is 0 Å². The van der Waals surface area contributed by atoms with E-state index in [0.29, 0.717) is 0 Å². The molecule has 0 aromatic carbocycles. The van der Waals surface area contributed by atoms with E-state index in [1.165, 1.54) is 0 Å². The second-order valence-corrected chi connectivity index (χ2v) is 33.7. The Hall–Kier alpha value is -2.40. The summed E-state index contributed by atoms with van der Waals surface area (Å²) in [6, 6.07) is 0. The lowest BCUT2D eigenvalue weighted by Crippen LogP contribution is -2.69. The average Bonchev–Trinajstić information content (AvgIpc) is 0.770. The van der Waals surface area contributed by atoms with Crippen LogP contribution in [0.2, 0.25) is 0 Å². The topological polar surface area (TPSA) is 950 Å². The predicted octanol–water partition coefficient (Wildman–Crippen LogP) is -26.1. The first-order valence-electron chi connectivity index (χ1n) is 42.2. The minimum atomic E-state index is -2.35. The molecule has 0 aromatic heterocycles. The van der Waals surface area contributed by atoms with E-state index >= 15 is 0 Å². The van der Waals surface area contributed by atoms with Crippen molar-refractivity contribution in [3.05, 3.63) is 0 Å². The molecule has 46 aliphatic heterocycles. The van der Waals surface area contributed by atoms with Crippen LogP contribution in [0.4, 0.5) is 0 Å². The Morgan fingerprint density at radius 3 is 0.205 bits per heavy atom. The smallest absolute Gasteiger partial charge is 0.187 e. The Labute approximate surface area is 743 Å². The van der Waals surface area contributed by atoms with Gasteiger partial charge in [0.15, 0.2) is 75.5 Å². The fourth-order valence-electron chi connectivity index (χ4n) is 17.9. The van der Waals surface area contributed by atoms with Gasteiger partial charge in [-0.15, -0.1) is 0 Å². The van der Waals surface area contributed by atoms with Gasteiger partial charge in [0.2, 0.25) is 0 Å². The van der Waals surface area contributed by atoms with Crippen molar-refractivity contribution < 1.29 is 298 Å². The Morgan fingerprint density at radius 1 is 0.0909 bits per heavy atom. The summed E-state index contributed by atoms with van der Waals surface area (Å²) in [5.74, 6) is 0. The number of aliphatic hydroxyl groups excluding tert-OH is 36. The van der Waals surface area contributed by atoms with Crippen LogP contribution in [0.25, 0.3) is 0 Å². The Morgan fingerprint density at radius 2 is 0.152 bits per heavy atom. The standard InChI is InChI=1S/C72H120O60/c73-1-13-49-25(85)37(97)61(109-13)122-50-14(2-74)111-63(39(99)27(50)87)124-52-16(4-76)113-65(41(101)29(52)89)126-54-18(6-78)115-67(43(103)31(54)91)128-56-20(8-80)117-69(45(105)33(56)93)130-58-22(10-82)119-71(47(107)35(58)95)132-60-24(12-84)120-72(48(108)36(60)96)131-59-23(11-83)118-70(46(106)34(59)94)129-57-21(9-81)116-68(44(104)32(57)92)127-55-19(7-79)114-66(42(102)30(55)90)125-53-17(5-77)112-64(40(100)28(53)88)123-51-15(3-75)110-62(121-49)38(98)26(51)86/h13-108H,1-12H2/t13-,14-,15-,16-,17-,18-,19-,20-,21-,22-,23-,24-,25-,26-,27-,28-,29-,30-,31-,32-,33-,34-,35-,36-,37-,38-,39-,40-,41-,42-,43-,44-,45-,46-,47-,48-,49-,50-,51-,52-,53-,54-,55-,56-,57-,58-,59-,60-,61-,62-,63-,64-,65-,66-,67-,68-,69-,70-,71-,72-/m1/s1. The first-order valence-corrected chi connectivity index (χ1v) is 42.2. The van der Waals surface area contributed by atoms with Gasteiger partial charge in [-0.2, -0.15) is 0 Å². The summed E-state index contributed by atoms with van der Waals surface area (Å²) in [5, 5.41) is 404. The van der Waals surface area contributed by atoms with Crippen LogP contribution in [-0.2, 0) is 114 Å². The zero-order valence-electron chi connectivity index (χ0n) is 69.0. The van der Waals surface area contributed by atoms with Crippen molar-refractivity contribution in [3.8, 4) is 0 Å². The zero-order valence-corrected chi connectivity index (χ0v) is 69.0. The third-order valence-corrected chi connectivity index (χ3v) is 25.3. The summed E-state index contributed by atoms with van der Waals surface area (Å²) in [5.41, 5.74) is 0. The van der Waals surface area contributed by atoms with E-state index in [1.807, 2.05) is 0 Å². The Kier molecular flexibility index (Phi) is 37.2. The van der Waals surface area contributed by atoms with Gasteiger partial charge in [-0.25, -0.2) is 0 Å². The molecule has 0 unspecified atom stereocenters. The lowest BCUT2D eigenvalue weighted by Gasteiger charge is -2.50. The van der Waals surface area contributed by atoms with E-state index in [4.69, 9.17) is 114 Å². The molecule has 46 aliphatic rings. The SMILES string of the molecule is OC[C@H]1O[C@@H]2O[C@H]3[C@H](O)[C@@H](O)[C@@H](O[C@H]4[C@H](O)[C@@H](O)[C@@H](O[C@H]5[C@H](O)[C@@H](O)[C@@H](O[C@H]6[C@H](O)[C@@H](O)[C@@H](O[C@H]7[C@H](O)[C@@H](O)[C@@H](O[C@H]8[C@H](O)[C@@H](O)[C@@H](O[C@H]9[C@H](O)[C@@H](O)[C@@H](O[C@H]%10[C@H](O)[C@@H](O)[C@@H](O[C@H]%11[C@H](O)[C@@H](O)[C@@H](O[C@H]%12[C@H](O)[C@@H](O)[C@@H](O[C@H]%13[C@H](O)[C@@H](O)[C@@H](O[C@H]1[C@H](O)[C@H]2O)O[C@@H]%13CO)O[C@@H]%12CO)O[C@@H]%11CO)O[C@@H]%10CO)O[C@@H]9CO)O[C@@H]8CO)O[C@@H]7CO)O[C@@H]6CO)O[C@@H]5CO)O[C@@H]4CO)O[C@@H]3CO. The van der Waals surface area contributed by atoms with E-state index in [2.05, 4.69) is 0 Å². The third kappa shape index (κ3) is 21.3. The highest BCUT2D eigenvalue weighted by Gasteiger charge is 2.64. The van der Waals surface area contributed by atoms with Crippen LogP contribution in [0.3, 0.4) is 0 Å². The summed E-state index contributed by atoms with van der Waals surface area (Å²) < 4.78 is 137. The molecule has 46 rings (SSSR count). The Bertz CT molecular complexity index is 2680. The minimum absolute atomic E-state index is 1.17. The van der Waals surface area contributed by atoms with Crippen molar-refractivity contribution in [1.82, 2.24) is 0 Å². The molecule has 0 aliphatic carbocycles. The average molecular weight is 1950 g/mol. The van der Waals surface area contributed by atoms with Gasteiger partial charge in [0.25, 0.3) is 0 Å². The maximum atomic E-state index is 11.6. The number of rotatable bonds is 12. The highest BCUT2D eigenvalue weighted by molar-refractivity contribution is 5.06. The van der Waals surface area contributed by atoms with Gasteiger partial charge in [0.1, 0.15) is 293 Å². The molecule has 46 saturated heterocycles. The fourth-order valence-corrected chi connectivity index (χ4v) is 17.9. The molecular formula is C72H120O60. The molecule has 46 fully saturated rings. The monoisotopic (exact) mass is 1940 g/mol. The molecule has 132 heavy (non-hydrogen) atoms. The van der Waals surface area contributed by atoms with Crippen molar-refractivity contribution in [1.29, 1.82) is 0 Å². The van der Waals surface area contributed by atoms with Crippen molar-refractivity contribution in [2.45, 2.75) is 368 Å². The van der Waals surface area contributed by atoms with Gasteiger partial charge >= 0.3 is 0 Å². The van der Waals surface area contributed by atoms with Crippen LogP contribution in [0.5, 0.6) is 0 Å². The van der Waals surface area contributed by atoms with Crippen molar-refractivity contribution in [3.63, 3.8) is 0 Å². The van der Waals surface area contributed by atoms with Gasteiger partial charge in [0.05, 0.1) is 79.3 Å². The van der Waals surface area contributed by atoms with E-state index in [0.717, 1.165) is 0 Å². The van der Waals surface area contributed by atoms with Crippen LogP contribution in [0.15, 0.2) is 0 Å². The minimum Gasteiger partial charge on any atom is -0.394 e. The van der Waals surface area contributed by atoms with Gasteiger partial charge in [-0.1, -0.05) is 0 Å². The highest BCUT2D eigenvalue weighted by atomic mass is 16.8. The molecule has 60 atom stereocenters. The summed E-state index contributed by atoms with van der Waals surface area (Å²) in [6.45, 7) is -14.0. The first-order chi connectivity index (χ1) is 62.8. The van der Waals surface area contributed by atoms with Gasteiger partial charge in [-0.3, -0.25) is 0 Å². The second kappa shape index (κ2) is 45.9. The number of aliphatic hydroxyl groups is 36. The van der Waals surface area contributed by atoms with Gasteiger partial charge < -0.3 is 298 Å². The quantitative estimate of drug-likeness (QED) is 0.0863. The Balaban J connectivity index is 0.714. The molecule has 0 saturated carbocycles. The van der Waals surface area contributed by atoms with Crippen molar-refractivity contribution >= 4 is 0 Å². The third-order valence-electron chi connectivity index (χ3n) is 25.3. The normalized spacial score (nSPS) is 55.4. The molecule has 0 radical (unpaired) electrons. The molecule has 0 amide bonds. The second-order valence-electron chi connectivity index (χ2n) is 33.7. The van der Waals surface area contributed by atoms with Crippen molar-refractivity contribution in [2.24, 2.45) is 0 Å². The van der Waals surface area contributed by atoms with Crippen LogP contribution in [-0.4, -0.2) is 632 Å². The zero-order chi connectivity index (χ0) is 96.1. The van der Waals surface area contributed by atoms with Crippen molar-refractivity contribution in [2.75, 3.05) is 79.3 Å². The molecule has 60 heteroatoms. The summed E-state index contributed by atoms with van der Waals surface area (Å²) in [6.07, 6.45) is -129. The van der Waals surface area contributed by atoms with E-state index in [9.17, 15) is 184 Å². The summed E-state index contributed by atoms with van der Waals surface area (Å²) in [4.78, 5) is 0. The predicted molar refractivity (Wildman–Crippen MR) is 392 cm³/mol. The van der Waals surface area contributed by atoms with Crippen LogP contribution in [0.1, 0.15) is 0 Å². The van der Waals surface area contributed by atoms with Gasteiger partial charge in [0, 0.05) is 0 Å². The number of ether oxygens (including phenoxy) is 24. The lowest BCUT2D eigenvalue weighted by atomic mass is 9.94. The molecule has 36 N–H and O–H groups in total. The molecule has 0 aromatic rings.